The Bertz CT molecular complexity index is 146. The molecule has 0 saturated carbocycles. The molecular weight excluding hydrogens is 204 g/mol. The molecule has 0 fully saturated rings. The molecule has 0 aliphatic rings. The second kappa shape index (κ2) is 15.7. The van der Waals surface area contributed by atoms with E-state index in [1.54, 1.807) is 0 Å². The number of hydrogen-bond acceptors (Lipinski definition) is 0. The van der Waals surface area contributed by atoms with Crippen LogP contribution in [-0.2, 0) is 0 Å². The second-order valence-corrected chi connectivity index (χ2v) is 5.20. The molecule has 0 heteroatoms. The highest BCUT2D eigenvalue weighted by atomic mass is 14.0. The van der Waals surface area contributed by atoms with Gasteiger partial charge in [0.2, 0.25) is 0 Å². The maximum atomic E-state index is 2.34. The van der Waals surface area contributed by atoms with Crippen LogP contribution in [0, 0.1) is 0 Å². The van der Waals surface area contributed by atoms with Gasteiger partial charge in [0.1, 0.15) is 0 Å². The summed E-state index contributed by atoms with van der Waals surface area (Å²) in [6.45, 7) is 4.49. The highest BCUT2D eigenvalue weighted by molar-refractivity contribution is 4.79. The van der Waals surface area contributed by atoms with Gasteiger partial charge in [-0.1, -0.05) is 90.2 Å². The van der Waals surface area contributed by atoms with Crippen molar-refractivity contribution in [1.82, 2.24) is 0 Å². The van der Waals surface area contributed by atoms with Crippen LogP contribution in [0.3, 0.4) is 0 Å². The lowest BCUT2D eigenvalue weighted by atomic mass is 10.1. The van der Waals surface area contributed by atoms with Crippen LogP contribution in [0.5, 0.6) is 0 Å². The molecule has 0 unspecified atom stereocenters. The number of rotatable bonds is 13. The van der Waals surface area contributed by atoms with Crippen molar-refractivity contribution in [2.75, 3.05) is 0 Å². The van der Waals surface area contributed by atoms with Gasteiger partial charge in [0.05, 0.1) is 0 Å². The SMILES string of the molecule is CCC=CCCCCCCCCCCCCC. The Hall–Kier alpha value is -0.260. The number of allylic oxidation sites excluding steroid dienone is 2. The minimum atomic E-state index is 1.19. The largest absolute Gasteiger partial charge is 0.0888 e. The van der Waals surface area contributed by atoms with Gasteiger partial charge in [-0.15, -0.1) is 0 Å². The summed E-state index contributed by atoms with van der Waals surface area (Å²) >= 11 is 0. The van der Waals surface area contributed by atoms with E-state index in [1.807, 2.05) is 0 Å². The van der Waals surface area contributed by atoms with E-state index in [9.17, 15) is 0 Å². The number of unbranched alkanes of at least 4 members (excludes halogenated alkanes) is 11. The van der Waals surface area contributed by atoms with Gasteiger partial charge in [-0.3, -0.25) is 0 Å². The van der Waals surface area contributed by atoms with Gasteiger partial charge >= 0.3 is 0 Å². The van der Waals surface area contributed by atoms with Crippen molar-refractivity contribution < 1.29 is 0 Å². The molecular formula is C17H34. The van der Waals surface area contributed by atoms with E-state index in [-0.39, 0.29) is 0 Å². The van der Waals surface area contributed by atoms with Gasteiger partial charge in [-0.05, 0) is 19.3 Å². The normalized spacial score (nSPS) is 11.4. The van der Waals surface area contributed by atoms with Crippen molar-refractivity contribution in [2.24, 2.45) is 0 Å². The molecule has 0 bridgehead atoms. The lowest BCUT2D eigenvalue weighted by molar-refractivity contribution is 0.550. The summed E-state index contributed by atoms with van der Waals surface area (Å²) in [4.78, 5) is 0. The van der Waals surface area contributed by atoms with Crippen LogP contribution in [0.15, 0.2) is 12.2 Å². The lowest BCUT2D eigenvalue weighted by Gasteiger charge is -2.01. The average Bonchev–Trinajstić information content (AvgIpc) is 2.35. The Labute approximate surface area is 110 Å². The Balaban J connectivity index is 2.91. The molecule has 0 amide bonds. The summed E-state index contributed by atoms with van der Waals surface area (Å²) in [5, 5.41) is 0. The van der Waals surface area contributed by atoms with Gasteiger partial charge in [0.25, 0.3) is 0 Å². The topological polar surface area (TPSA) is 0 Å². The maximum Gasteiger partial charge on any atom is -0.0351 e. The molecule has 102 valence electrons. The molecule has 0 N–H and O–H groups in total. The molecule has 0 heterocycles. The monoisotopic (exact) mass is 238 g/mol. The molecule has 0 saturated heterocycles. The van der Waals surface area contributed by atoms with E-state index >= 15 is 0 Å². The van der Waals surface area contributed by atoms with Crippen molar-refractivity contribution in [3.63, 3.8) is 0 Å². The summed E-state index contributed by atoms with van der Waals surface area (Å²) in [6, 6.07) is 0. The Kier molecular flexibility index (Phi) is 15.5. The first kappa shape index (κ1) is 16.7. The predicted octanol–water partition coefficient (Wildman–Crippen LogP) is 6.65. The molecule has 0 aliphatic carbocycles. The second-order valence-electron chi connectivity index (χ2n) is 5.20. The first-order valence-corrected chi connectivity index (χ1v) is 8.06. The molecule has 0 nitrogen and oxygen atoms in total. The summed E-state index contributed by atoms with van der Waals surface area (Å²) < 4.78 is 0. The third-order valence-electron chi connectivity index (χ3n) is 3.38. The van der Waals surface area contributed by atoms with Crippen LogP contribution in [0.1, 0.15) is 97.3 Å². The lowest BCUT2D eigenvalue weighted by Crippen LogP contribution is -1.81. The average molecular weight is 238 g/mol. The Morgan fingerprint density at radius 2 is 1.00 bits per heavy atom. The van der Waals surface area contributed by atoms with E-state index in [0.717, 1.165) is 0 Å². The minimum absolute atomic E-state index is 1.19. The minimum Gasteiger partial charge on any atom is -0.0888 e. The fourth-order valence-electron chi connectivity index (χ4n) is 2.21. The zero-order chi connectivity index (χ0) is 12.6. The molecule has 0 spiro atoms. The molecule has 17 heavy (non-hydrogen) atoms. The molecule has 0 aromatic carbocycles. The van der Waals surface area contributed by atoms with Crippen molar-refractivity contribution in [3.05, 3.63) is 12.2 Å². The van der Waals surface area contributed by atoms with Crippen molar-refractivity contribution in [1.29, 1.82) is 0 Å². The van der Waals surface area contributed by atoms with Gasteiger partial charge in [-0.2, -0.15) is 0 Å². The molecule has 0 aliphatic heterocycles. The third kappa shape index (κ3) is 15.7. The van der Waals surface area contributed by atoms with Crippen LogP contribution in [-0.4, -0.2) is 0 Å². The fourth-order valence-corrected chi connectivity index (χ4v) is 2.21. The standard InChI is InChI=1S/C17H34/c1-3-5-7-9-11-13-15-17-16-14-12-10-8-6-4-2/h5,7H,3-4,6,8-17H2,1-2H3. The van der Waals surface area contributed by atoms with Crippen LogP contribution in [0.4, 0.5) is 0 Å². The predicted molar refractivity (Wildman–Crippen MR) is 80.5 cm³/mol. The summed E-state index contributed by atoms with van der Waals surface area (Å²) in [7, 11) is 0. The Morgan fingerprint density at radius 3 is 1.47 bits per heavy atom. The van der Waals surface area contributed by atoms with Gasteiger partial charge in [0.15, 0.2) is 0 Å². The first-order valence-electron chi connectivity index (χ1n) is 8.06. The van der Waals surface area contributed by atoms with Gasteiger partial charge < -0.3 is 0 Å². The zero-order valence-corrected chi connectivity index (χ0v) is 12.3. The number of hydrogen-bond donors (Lipinski definition) is 0. The van der Waals surface area contributed by atoms with Crippen molar-refractivity contribution in [2.45, 2.75) is 97.3 Å². The van der Waals surface area contributed by atoms with Crippen LogP contribution < -0.4 is 0 Å². The van der Waals surface area contributed by atoms with Crippen LogP contribution in [0.25, 0.3) is 0 Å². The highest BCUT2D eigenvalue weighted by Gasteiger charge is 1.92. The van der Waals surface area contributed by atoms with E-state index in [0.29, 0.717) is 0 Å². The molecule has 0 radical (unpaired) electrons. The maximum absolute atomic E-state index is 2.34. The highest BCUT2D eigenvalue weighted by Crippen LogP contribution is 2.11. The summed E-state index contributed by atoms with van der Waals surface area (Å²) in [5.74, 6) is 0. The molecule has 0 rings (SSSR count). The van der Waals surface area contributed by atoms with E-state index in [1.165, 1.54) is 83.5 Å². The smallest absolute Gasteiger partial charge is 0.0351 e. The van der Waals surface area contributed by atoms with Crippen LogP contribution in [0.2, 0.25) is 0 Å². The van der Waals surface area contributed by atoms with E-state index < -0.39 is 0 Å². The van der Waals surface area contributed by atoms with Crippen LogP contribution >= 0.6 is 0 Å². The summed E-state index contributed by atoms with van der Waals surface area (Å²) in [5.41, 5.74) is 0. The molecule has 0 aromatic rings. The fraction of sp³-hybridized carbons (Fsp3) is 0.882. The van der Waals surface area contributed by atoms with Crippen molar-refractivity contribution >= 4 is 0 Å². The molecule has 0 atom stereocenters. The van der Waals surface area contributed by atoms with Crippen molar-refractivity contribution in [3.8, 4) is 0 Å². The van der Waals surface area contributed by atoms with E-state index in [2.05, 4.69) is 26.0 Å². The Morgan fingerprint density at radius 1 is 0.529 bits per heavy atom. The molecule has 0 aromatic heterocycles. The summed E-state index contributed by atoms with van der Waals surface area (Å²) in [6.07, 6.45) is 23.0. The van der Waals surface area contributed by atoms with Gasteiger partial charge in [0, 0.05) is 0 Å². The first-order chi connectivity index (χ1) is 8.41. The van der Waals surface area contributed by atoms with Gasteiger partial charge in [-0.25, -0.2) is 0 Å². The third-order valence-corrected chi connectivity index (χ3v) is 3.38. The quantitative estimate of drug-likeness (QED) is 0.249. The zero-order valence-electron chi connectivity index (χ0n) is 12.3. The van der Waals surface area contributed by atoms with E-state index in [4.69, 9.17) is 0 Å².